The first-order chi connectivity index (χ1) is 7.79. The summed E-state index contributed by atoms with van der Waals surface area (Å²) in [6.07, 6.45) is 2.42. The zero-order valence-electron chi connectivity index (χ0n) is 8.87. The molecule has 0 fully saturated rings. The van der Waals surface area contributed by atoms with Crippen LogP contribution < -0.4 is 5.56 Å². The molecule has 0 aliphatic heterocycles. The second-order valence-corrected chi connectivity index (χ2v) is 3.81. The zero-order valence-corrected chi connectivity index (χ0v) is 8.87. The van der Waals surface area contributed by atoms with Gasteiger partial charge in [0.15, 0.2) is 0 Å². The highest BCUT2D eigenvalue weighted by Crippen LogP contribution is 2.22. The number of fused-ring (bicyclic) bond motifs is 3. The first-order valence-electron chi connectivity index (χ1n) is 5.27. The highest BCUT2D eigenvalue weighted by Gasteiger charge is 2.07. The minimum Gasteiger partial charge on any atom is -0.349 e. The van der Waals surface area contributed by atoms with Crippen molar-refractivity contribution in [2.75, 3.05) is 0 Å². The number of nitrogens with zero attached hydrogens (tertiary/aromatic N) is 1. The number of aromatic nitrogens is 3. The van der Waals surface area contributed by atoms with Crippen molar-refractivity contribution in [3.8, 4) is 0 Å². The molecule has 0 bridgehead atoms. The van der Waals surface area contributed by atoms with Crippen LogP contribution in [0.1, 0.15) is 12.5 Å². The van der Waals surface area contributed by atoms with Crippen molar-refractivity contribution < 1.29 is 0 Å². The fourth-order valence-corrected chi connectivity index (χ4v) is 1.97. The second-order valence-electron chi connectivity index (χ2n) is 3.81. The lowest BCUT2D eigenvalue weighted by Crippen LogP contribution is -2.05. The summed E-state index contributed by atoms with van der Waals surface area (Å²) >= 11 is 0. The van der Waals surface area contributed by atoms with Gasteiger partial charge in [0.05, 0.1) is 6.33 Å². The van der Waals surface area contributed by atoms with Crippen molar-refractivity contribution in [1.29, 1.82) is 0 Å². The predicted molar refractivity (Wildman–Crippen MR) is 63.6 cm³/mol. The number of aryl methyl sites for hydroxylation is 1. The first kappa shape index (κ1) is 9.15. The van der Waals surface area contributed by atoms with Crippen LogP contribution in [0.5, 0.6) is 0 Å². The van der Waals surface area contributed by atoms with Gasteiger partial charge in [-0.2, -0.15) is 0 Å². The van der Waals surface area contributed by atoms with Gasteiger partial charge in [0.1, 0.15) is 11.0 Å². The molecule has 0 unspecified atom stereocenters. The lowest BCUT2D eigenvalue weighted by molar-refractivity contribution is 1.15. The molecule has 0 amide bonds. The number of hydrogen-bond acceptors (Lipinski definition) is 2. The van der Waals surface area contributed by atoms with Crippen molar-refractivity contribution >= 4 is 21.9 Å². The summed E-state index contributed by atoms with van der Waals surface area (Å²) in [6.45, 7) is 2.11. The molecule has 0 saturated heterocycles. The Bertz CT molecular complexity index is 724. The van der Waals surface area contributed by atoms with Crippen molar-refractivity contribution in [3.05, 3.63) is 40.4 Å². The molecule has 0 aliphatic rings. The van der Waals surface area contributed by atoms with Crippen molar-refractivity contribution in [2.45, 2.75) is 13.3 Å². The third-order valence-electron chi connectivity index (χ3n) is 2.86. The van der Waals surface area contributed by atoms with E-state index in [2.05, 4.69) is 34.0 Å². The average Bonchev–Trinajstić information content (AvgIpc) is 2.68. The fraction of sp³-hybridized carbons (Fsp3) is 0.167. The summed E-state index contributed by atoms with van der Waals surface area (Å²) in [5.41, 5.74) is 3.37. The van der Waals surface area contributed by atoms with Crippen LogP contribution in [0, 0.1) is 0 Å². The summed E-state index contributed by atoms with van der Waals surface area (Å²) in [5, 5.41) is 1.01. The van der Waals surface area contributed by atoms with Crippen LogP contribution in [0.4, 0.5) is 0 Å². The number of hydrogen-bond donors (Lipinski definition) is 2. The van der Waals surface area contributed by atoms with E-state index in [4.69, 9.17) is 0 Å². The van der Waals surface area contributed by atoms with Gasteiger partial charge in [0, 0.05) is 10.9 Å². The van der Waals surface area contributed by atoms with Crippen LogP contribution in [-0.2, 0) is 6.42 Å². The highest BCUT2D eigenvalue weighted by atomic mass is 16.1. The average molecular weight is 213 g/mol. The van der Waals surface area contributed by atoms with Crippen molar-refractivity contribution in [2.24, 2.45) is 0 Å². The molecule has 0 radical (unpaired) electrons. The van der Waals surface area contributed by atoms with Crippen LogP contribution in [0.2, 0.25) is 0 Å². The van der Waals surface area contributed by atoms with Crippen LogP contribution >= 0.6 is 0 Å². The molecule has 0 saturated carbocycles. The van der Waals surface area contributed by atoms with Gasteiger partial charge >= 0.3 is 0 Å². The van der Waals surface area contributed by atoms with Crippen LogP contribution in [0.3, 0.4) is 0 Å². The van der Waals surface area contributed by atoms with E-state index >= 15 is 0 Å². The van der Waals surface area contributed by atoms with Gasteiger partial charge in [-0.05, 0) is 24.1 Å². The first-order valence-corrected chi connectivity index (χ1v) is 5.27. The number of aromatic amines is 2. The number of benzene rings is 1. The van der Waals surface area contributed by atoms with E-state index in [1.165, 1.54) is 11.9 Å². The maximum absolute atomic E-state index is 11.6. The molecule has 0 spiro atoms. The normalized spacial score (nSPS) is 11.3. The number of H-pyrrole nitrogens is 2. The molecule has 1 aromatic carbocycles. The molecule has 0 atom stereocenters. The molecule has 4 heteroatoms. The largest absolute Gasteiger partial charge is 0.349 e. The van der Waals surface area contributed by atoms with E-state index in [0.717, 1.165) is 22.8 Å². The fourth-order valence-electron chi connectivity index (χ4n) is 1.97. The standard InChI is InChI=1S/C12H11N3O/c1-2-7-3-4-9-8(5-7)10-11(15-9)12(16)14-6-13-10/h3-6,15H,2H2,1H3,(H,13,14,16). The SMILES string of the molecule is CCc1ccc2[nH]c3c(=O)[nH]cnc3c2c1. The highest BCUT2D eigenvalue weighted by molar-refractivity contribution is 6.04. The molecule has 3 aromatic rings. The minimum atomic E-state index is -0.126. The van der Waals surface area contributed by atoms with E-state index in [1.807, 2.05) is 6.07 Å². The Morgan fingerprint density at radius 2 is 2.25 bits per heavy atom. The maximum atomic E-state index is 11.6. The molecule has 3 rings (SSSR count). The summed E-state index contributed by atoms with van der Waals surface area (Å²) in [7, 11) is 0. The van der Waals surface area contributed by atoms with Crippen LogP contribution in [0.15, 0.2) is 29.3 Å². The zero-order chi connectivity index (χ0) is 11.1. The molecular formula is C12H11N3O. The maximum Gasteiger partial charge on any atom is 0.275 e. The van der Waals surface area contributed by atoms with E-state index < -0.39 is 0 Å². The van der Waals surface area contributed by atoms with E-state index in [0.29, 0.717) is 5.52 Å². The van der Waals surface area contributed by atoms with Gasteiger partial charge in [0.2, 0.25) is 0 Å². The van der Waals surface area contributed by atoms with Gasteiger partial charge in [-0.1, -0.05) is 13.0 Å². The topological polar surface area (TPSA) is 61.5 Å². The Hall–Kier alpha value is -2.10. The Balaban J connectivity index is 2.52. The molecule has 80 valence electrons. The van der Waals surface area contributed by atoms with Crippen molar-refractivity contribution in [1.82, 2.24) is 15.0 Å². The molecule has 4 nitrogen and oxygen atoms in total. The van der Waals surface area contributed by atoms with Gasteiger partial charge in [-0.25, -0.2) is 4.98 Å². The Labute approximate surface area is 91.3 Å². The Kier molecular flexibility index (Phi) is 1.83. The van der Waals surface area contributed by atoms with E-state index in [1.54, 1.807) is 0 Å². The third kappa shape index (κ3) is 1.16. The summed E-state index contributed by atoms with van der Waals surface area (Å²) in [6, 6.07) is 6.14. The molecule has 2 N–H and O–H groups in total. The second kappa shape index (κ2) is 3.20. The summed E-state index contributed by atoms with van der Waals surface area (Å²) < 4.78 is 0. The predicted octanol–water partition coefficient (Wildman–Crippen LogP) is 1.97. The lowest BCUT2D eigenvalue weighted by atomic mass is 10.1. The summed E-state index contributed by atoms with van der Waals surface area (Å²) in [5.74, 6) is 0. The third-order valence-corrected chi connectivity index (χ3v) is 2.86. The molecular weight excluding hydrogens is 202 g/mol. The van der Waals surface area contributed by atoms with Gasteiger partial charge in [0.25, 0.3) is 5.56 Å². The van der Waals surface area contributed by atoms with Gasteiger partial charge in [-0.15, -0.1) is 0 Å². The van der Waals surface area contributed by atoms with Crippen molar-refractivity contribution in [3.63, 3.8) is 0 Å². The molecule has 2 aromatic heterocycles. The molecule has 2 heterocycles. The van der Waals surface area contributed by atoms with Gasteiger partial charge < -0.3 is 9.97 Å². The van der Waals surface area contributed by atoms with E-state index in [-0.39, 0.29) is 5.56 Å². The quantitative estimate of drug-likeness (QED) is 0.649. The molecule has 16 heavy (non-hydrogen) atoms. The number of rotatable bonds is 1. The number of nitrogens with one attached hydrogen (secondary N) is 2. The minimum absolute atomic E-state index is 0.126. The van der Waals surface area contributed by atoms with Gasteiger partial charge in [-0.3, -0.25) is 4.79 Å². The Morgan fingerprint density at radius 1 is 1.38 bits per heavy atom. The lowest BCUT2D eigenvalue weighted by Gasteiger charge is -1.95. The smallest absolute Gasteiger partial charge is 0.275 e. The Morgan fingerprint density at radius 3 is 3.06 bits per heavy atom. The summed E-state index contributed by atoms with van der Waals surface area (Å²) in [4.78, 5) is 21.5. The van der Waals surface area contributed by atoms with Crippen LogP contribution in [-0.4, -0.2) is 15.0 Å². The monoisotopic (exact) mass is 213 g/mol. The van der Waals surface area contributed by atoms with E-state index in [9.17, 15) is 4.79 Å². The molecule has 0 aliphatic carbocycles. The van der Waals surface area contributed by atoms with Crippen LogP contribution in [0.25, 0.3) is 21.9 Å².